The summed E-state index contributed by atoms with van der Waals surface area (Å²) in [4.78, 5) is 0. The molecule has 3 heteroatoms. The molecule has 0 aliphatic heterocycles. The Kier molecular flexibility index (Phi) is 13.8. The fourth-order valence-corrected chi connectivity index (χ4v) is 5.85. The van der Waals surface area contributed by atoms with Gasteiger partial charge in [-0.3, -0.25) is 6.08 Å². The Morgan fingerprint density at radius 2 is 1.23 bits per heavy atom. The van der Waals surface area contributed by atoms with Crippen molar-refractivity contribution in [2.45, 2.75) is 61.8 Å². The Hall–Kier alpha value is -2.31. The molecular formula is C40H42Cl2Zr-2. The maximum absolute atomic E-state index is 3.45. The van der Waals surface area contributed by atoms with Crippen molar-refractivity contribution in [2.75, 3.05) is 0 Å². The molecule has 6 rings (SSSR count). The molecule has 0 N–H and O–H groups in total. The minimum absolute atomic E-state index is 0. The minimum atomic E-state index is 0. The zero-order valence-corrected chi connectivity index (χ0v) is 30.7. The molecule has 1 atom stereocenters. The van der Waals surface area contributed by atoms with Crippen LogP contribution in [0.5, 0.6) is 0 Å². The van der Waals surface area contributed by atoms with Crippen LogP contribution in [0.4, 0.5) is 0 Å². The first-order chi connectivity index (χ1) is 19.4. The normalized spacial score (nSPS) is 14.0. The van der Waals surface area contributed by atoms with Gasteiger partial charge in [0.1, 0.15) is 0 Å². The molecule has 0 fully saturated rings. The van der Waals surface area contributed by atoms with Gasteiger partial charge in [0.05, 0.1) is 0 Å². The Balaban J connectivity index is 0.000000226. The molecule has 0 saturated heterocycles. The third-order valence-electron chi connectivity index (χ3n) is 7.57. The van der Waals surface area contributed by atoms with E-state index in [-0.39, 0.29) is 24.8 Å². The number of allylic oxidation sites excluding steroid dienone is 4. The Morgan fingerprint density at radius 1 is 0.721 bits per heavy atom. The van der Waals surface area contributed by atoms with Crippen molar-refractivity contribution < 1.29 is 49.0 Å². The Bertz CT molecular complexity index is 1490. The molecule has 2 aliphatic rings. The van der Waals surface area contributed by atoms with Gasteiger partial charge in [0.2, 0.25) is 0 Å². The summed E-state index contributed by atoms with van der Waals surface area (Å²) < 4.78 is 1.42. The summed E-state index contributed by atoms with van der Waals surface area (Å²) in [5.74, 6) is 0.522. The van der Waals surface area contributed by atoms with Crippen molar-refractivity contribution in [3.05, 3.63) is 153 Å². The van der Waals surface area contributed by atoms with Gasteiger partial charge in [-0.05, 0) is 18.9 Å². The summed E-state index contributed by atoms with van der Waals surface area (Å²) in [6.07, 6.45) is 8.70. The van der Waals surface area contributed by atoms with Crippen LogP contribution in [0.1, 0.15) is 72.2 Å². The molecule has 222 valence electrons. The number of aryl methyl sites for hydroxylation is 4. The third-order valence-corrected chi connectivity index (χ3v) is 8.99. The van der Waals surface area contributed by atoms with Gasteiger partial charge in [0, 0.05) is 0 Å². The van der Waals surface area contributed by atoms with E-state index < -0.39 is 0 Å². The SMILES string of the molecule is CC1[C-]=CC(C(C)(C)C)=C1.Cc1[c-]c2c(cc1)-c1ccc(C)cc1C2.Cc1ccc([C](=[Zr+2])c2ccc(C)cc2)cc1.[Cl-].[Cl-]. The van der Waals surface area contributed by atoms with Crippen molar-refractivity contribution in [3.63, 3.8) is 0 Å². The molecule has 0 nitrogen and oxygen atoms in total. The number of hydrogen-bond acceptors (Lipinski definition) is 0. The summed E-state index contributed by atoms with van der Waals surface area (Å²) in [5, 5.41) is 0. The van der Waals surface area contributed by atoms with E-state index in [2.05, 4.69) is 159 Å². The van der Waals surface area contributed by atoms with Crippen molar-refractivity contribution in [3.8, 4) is 11.1 Å². The largest absolute Gasteiger partial charge is 1.00 e. The quantitative estimate of drug-likeness (QED) is 0.246. The van der Waals surface area contributed by atoms with Gasteiger partial charge in [0.15, 0.2) is 0 Å². The first kappa shape index (κ1) is 36.9. The summed E-state index contributed by atoms with van der Waals surface area (Å²) in [7, 11) is 0. The van der Waals surface area contributed by atoms with E-state index in [9.17, 15) is 0 Å². The van der Waals surface area contributed by atoms with Crippen LogP contribution in [-0.4, -0.2) is 3.21 Å². The summed E-state index contributed by atoms with van der Waals surface area (Å²) in [6, 6.07) is 32.1. The summed E-state index contributed by atoms with van der Waals surface area (Å²) in [5.41, 5.74) is 15.2. The van der Waals surface area contributed by atoms with E-state index in [1.807, 2.05) is 0 Å². The van der Waals surface area contributed by atoms with Crippen LogP contribution in [0.3, 0.4) is 0 Å². The van der Waals surface area contributed by atoms with Gasteiger partial charge in [-0.2, -0.15) is 35.4 Å². The number of fused-ring (bicyclic) bond motifs is 3. The van der Waals surface area contributed by atoms with Gasteiger partial charge in [-0.1, -0.05) is 75.3 Å². The van der Waals surface area contributed by atoms with Crippen LogP contribution in [-0.2, 0) is 30.7 Å². The van der Waals surface area contributed by atoms with E-state index >= 15 is 0 Å². The molecule has 0 amide bonds. The van der Waals surface area contributed by atoms with E-state index in [1.165, 1.54) is 88.6 Å². The van der Waals surface area contributed by atoms with Crippen molar-refractivity contribution in [1.29, 1.82) is 0 Å². The molecule has 4 aromatic rings. The monoisotopic (exact) mass is 682 g/mol. The zero-order chi connectivity index (χ0) is 29.7. The maximum Gasteiger partial charge on any atom is -1.00 e. The second-order valence-electron chi connectivity index (χ2n) is 12.4. The minimum Gasteiger partial charge on any atom is -1.00 e. The van der Waals surface area contributed by atoms with Crippen LogP contribution >= 0.6 is 0 Å². The van der Waals surface area contributed by atoms with Crippen LogP contribution in [0.2, 0.25) is 0 Å². The second-order valence-corrected chi connectivity index (χ2v) is 13.7. The van der Waals surface area contributed by atoms with Crippen LogP contribution in [0.25, 0.3) is 11.1 Å². The molecule has 0 aromatic heterocycles. The molecular weight excluding hydrogens is 643 g/mol. The van der Waals surface area contributed by atoms with Crippen molar-refractivity contribution >= 4 is 3.21 Å². The van der Waals surface area contributed by atoms with Gasteiger partial charge in [0.25, 0.3) is 0 Å². The first-order valence-electron chi connectivity index (χ1n) is 14.6. The predicted octanol–water partition coefficient (Wildman–Crippen LogP) is 4.07. The van der Waals surface area contributed by atoms with Gasteiger partial charge in [-0.25, -0.2) is 6.08 Å². The molecule has 43 heavy (non-hydrogen) atoms. The summed E-state index contributed by atoms with van der Waals surface area (Å²) in [6.45, 7) is 17.4. The standard InChI is InChI=1S/C15H13.C15H14.C10H15.2ClH.Zr/c1-10-3-5-14-12(7-10)9-13-8-11(2)4-6-15(13)14;1-12-3-7-14(8-4-12)11-15-9-5-13(2)6-10-15;1-8-5-6-9(7-8)10(2,3)4;;;/h3-7H,9H2,1-2H3;3-10H,1-2H3;6-8H,1-4H3;2*1H;/q-1;;-1;;;+2/p-2. The summed E-state index contributed by atoms with van der Waals surface area (Å²) >= 11 is 1.46. The van der Waals surface area contributed by atoms with E-state index in [0.29, 0.717) is 11.3 Å². The number of rotatable bonds is 2. The molecule has 0 saturated carbocycles. The molecule has 4 aromatic carbocycles. The molecule has 0 heterocycles. The smallest absolute Gasteiger partial charge is 1.00 e. The molecule has 2 aliphatic carbocycles. The average molecular weight is 685 g/mol. The number of halogens is 2. The fraction of sp³-hybridized carbons (Fsp3) is 0.275. The topological polar surface area (TPSA) is 0 Å². The predicted molar refractivity (Wildman–Crippen MR) is 173 cm³/mol. The van der Waals surface area contributed by atoms with Gasteiger partial charge >= 0.3 is 112 Å². The van der Waals surface area contributed by atoms with Crippen molar-refractivity contribution in [2.24, 2.45) is 11.3 Å². The molecule has 0 spiro atoms. The average Bonchev–Trinajstić information content (AvgIpc) is 3.52. The molecule has 1 unspecified atom stereocenters. The van der Waals surface area contributed by atoms with Crippen LogP contribution in [0.15, 0.2) is 96.6 Å². The first-order valence-corrected chi connectivity index (χ1v) is 15.8. The second kappa shape index (κ2) is 16.1. The van der Waals surface area contributed by atoms with Crippen LogP contribution in [0, 0.1) is 51.2 Å². The third kappa shape index (κ3) is 10.1. The number of benzene rings is 4. The molecule has 0 radical (unpaired) electrons. The van der Waals surface area contributed by atoms with Gasteiger partial charge in [-0.15, -0.1) is 11.1 Å². The van der Waals surface area contributed by atoms with E-state index in [1.54, 1.807) is 0 Å². The number of hydrogen-bond donors (Lipinski definition) is 0. The van der Waals surface area contributed by atoms with E-state index in [4.69, 9.17) is 0 Å². The Morgan fingerprint density at radius 3 is 1.70 bits per heavy atom. The van der Waals surface area contributed by atoms with E-state index in [0.717, 1.165) is 6.42 Å². The maximum atomic E-state index is 3.45. The molecule has 0 bridgehead atoms. The van der Waals surface area contributed by atoms with Crippen LogP contribution < -0.4 is 24.8 Å². The fourth-order valence-electron chi connectivity index (χ4n) is 5.03. The Labute approximate surface area is 287 Å². The van der Waals surface area contributed by atoms with Gasteiger partial charge < -0.3 is 24.8 Å². The zero-order valence-electron chi connectivity index (χ0n) is 26.7. The van der Waals surface area contributed by atoms with Crippen molar-refractivity contribution in [1.82, 2.24) is 0 Å².